The largest absolute Gasteiger partial charge is 0.491 e. The highest BCUT2D eigenvalue weighted by Gasteiger charge is 2.18. The Balaban J connectivity index is 2.76. The van der Waals surface area contributed by atoms with Crippen LogP contribution in [0.2, 0.25) is 0 Å². The first-order chi connectivity index (χ1) is 8.40. The van der Waals surface area contributed by atoms with Crippen LogP contribution < -0.4 is 10.5 Å². The Bertz CT molecular complexity index is 363. The van der Waals surface area contributed by atoms with Crippen LogP contribution in [0, 0.1) is 5.92 Å². The Morgan fingerprint density at radius 3 is 2.44 bits per heavy atom. The van der Waals surface area contributed by atoms with Gasteiger partial charge in [0.2, 0.25) is 0 Å². The minimum Gasteiger partial charge on any atom is -0.491 e. The first-order valence-corrected chi connectivity index (χ1v) is 6.60. The minimum absolute atomic E-state index is 0.127. The summed E-state index contributed by atoms with van der Waals surface area (Å²) in [5, 5.41) is 10.2. The summed E-state index contributed by atoms with van der Waals surface area (Å²) in [4.78, 5) is 0. The molecule has 0 spiro atoms. The van der Waals surface area contributed by atoms with E-state index >= 15 is 0 Å². The quantitative estimate of drug-likeness (QED) is 0.817. The summed E-state index contributed by atoms with van der Waals surface area (Å²) in [6.07, 6.45) is 0.293. The Kier molecular flexibility index (Phi) is 5.63. The molecule has 1 rings (SSSR count). The van der Waals surface area contributed by atoms with Crippen molar-refractivity contribution in [3.8, 4) is 5.75 Å². The third kappa shape index (κ3) is 4.67. The fraction of sp³-hybridized carbons (Fsp3) is 0.600. The summed E-state index contributed by atoms with van der Waals surface area (Å²) in [5.74, 6) is 1.25. The zero-order chi connectivity index (χ0) is 13.7. The molecule has 0 saturated carbocycles. The molecule has 1 aromatic rings. The third-order valence-corrected chi connectivity index (χ3v) is 2.72. The van der Waals surface area contributed by atoms with Gasteiger partial charge in [0.05, 0.1) is 12.2 Å². The van der Waals surface area contributed by atoms with Gasteiger partial charge in [-0.25, -0.2) is 0 Å². The van der Waals surface area contributed by atoms with Gasteiger partial charge in [-0.1, -0.05) is 26.0 Å². The van der Waals surface area contributed by atoms with Gasteiger partial charge in [0.15, 0.2) is 0 Å². The van der Waals surface area contributed by atoms with Crippen LogP contribution in [-0.4, -0.2) is 17.3 Å². The van der Waals surface area contributed by atoms with Crippen LogP contribution in [-0.2, 0) is 0 Å². The van der Waals surface area contributed by atoms with E-state index in [0.29, 0.717) is 5.92 Å². The Hall–Kier alpha value is -1.06. The van der Waals surface area contributed by atoms with E-state index < -0.39 is 6.10 Å². The lowest BCUT2D eigenvalue weighted by molar-refractivity contribution is 0.135. The number of rotatable bonds is 6. The molecular weight excluding hydrogens is 226 g/mol. The highest BCUT2D eigenvalue weighted by molar-refractivity contribution is 5.30. The number of hydrogen-bond acceptors (Lipinski definition) is 3. The lowest BCUT2D eigenvalue weighted by Crippen LogP contribution is -2.29. The van der Waals surface area contributed by atoms with Gasteiger partial charge in [0, 0.05) is 6.04 Å². The van der Waals surface area contributed by atoms with Crippen molar-refractivity contribution in [2.24, 2.45) is 11.7 Å². The molecule has 18 heavy (non-hydrogen) atoms. The number of aliphatic hydroxyl groups excluding tert-OH is 1. The van der Waals surface area contributed by atoms with Crippen LogP contribution in [0.1, 0.15) is 45.8 Å². The molecular formula is C15H25NO2. The lowest BCUT2D eigenvalue weighted by atomic mass is 9.95. The molecule has 0 aliphatic carbocycles. The van der Waals surface area contributed by atoms with Gasteiger partial charge < -0.3 is 15.6 Å². The molecule has 0 aromatic heterocycles. The molecule has 3 N–H and O–H groups in total. The molecule has 3 heteroatoms. The number of aliphatic hydroxyl groups is 1. The van der Waals surface area contributed by atoms with Crippen LogP contribution in [0.15, 0.2) is 24.3 Å². The first kappa shape index (κ1) is 15.0. The topological polar surface area (TPSA) is 55.5 Å². The normalized spacial score (nSPS) is 14.9. The summed E-state index contributed by atoms with van der Waals surface area (Å²) >= 11 is 0. The summed E-state index contributed by atoms with van der Waals surface area (Å²) in [5.41, 5.74) is 6.83. The van der Waals surface area contributed by atoms with E-state index in [2.05, 4.69) is 13.8 Å². The molecule has 0 aliphatic rings. The second kappa shape index (κ2) is 6.76. The molecule has 0 amide bonds. The minimum atomic E-state index is -0.636. The van der Waals surface area contributed by atoms with E-state index in [-0.39, 0.29) is 12.1 Å². The number of ether oxygens (including phenoxy) is 1. The van der Waals surface area contributed by atoms with Gasteiger partial charge in [0.1, 0.15) is 5.75 Å². The van der Waals surface area contributed by atoms with Crippen molar-refractivity contribution < 1.29 is 9.84 Å². The van der Waals surface area contributed by atoms with Gasteiger partial charge in [0.25, 0.3) is 0 Å². The van der Waals surface area contributed by atoms with Gasteiger partial charge in [-0.05, 0) is 43.9 Å². The van der Waals surface area contributed by atoms with Crippen molar-refractivity contribution in [1.29, 1.82) is 0 Å². The van der Waals surface area contributed by atoms with Crippen molar-refractivity contribution in [2.75, 3.05) is 0 Å². The summed E-state index contributed by atoms with van der Waals surface area (Å²) < 4.78 is 5.61. The van der Waals surface area contributed by atoms with Crippen LogP contribution in [0.4, 0.5) is 0 Å². The Morgan fingerprint density at radius 2 is 1.89 bits per heavy atom. The van der Waals surface area contributed by atoms with E-state index in [0.717, 1.165) is 17.7 Å². The van der Waals surface area contributed by atoms with Crippen molar-refractivity contribution in [3.63, 3.8) is 0 Å². The van der Waals surface area contributed by atoms with E-state index in [1.807, 2.05) is 38.1 Å². The molecule has 0 saturated heterocycles. The zero-order valence-electron chi connectivity index (χ0n) is 11.8. The smallest absolute Gasteiger partial charge is 0.120 e. The van der Waals surface area contributed by atoms with Crippen LogP contribution in [0.25, 0.3) is 0 Å². The van der Waals surface area contributed by atoms with Gasteiger partial charge in [-0.2, -0.15) is 0 Å². The van der Waals surface area contributed by atoms with Crippen LogP contribution in [0.3, 0.4) is 0 Å². The maximum atomic E-state index is 10.2. The standard InChI is InChI=1S/C15H25NO2/c1-10(2)8-14(16)15(17)12-6-5-7-13(9-12)18-11(3)4/h5-7,9-11,14-15,17H,8,16H2,1-4H3. The SMILES string of the molecule is CC(C)CC(N)C(O)c1cccc(OC(C)C)c1. The predicted molar refractivity (Wildman–Crippen MR) is 74.6 cm³/mol. The number of hydrogen-bond donors (Lipinski definition) is 2. The zero-order valence-corrected chi connectivity index (χ0v) is 11.8. The molecule has 0 aliphatic heterocycles. The van der Waals surface area contributed by atoms with Gasteiger partial charge in [-0.15, -0.1) is 0 Å². The van der Waals surface area contributed by atoms with E-state index in [1.165, 1.54) is 0 Å². The maximum Gasteiger partial charge on any atom is 0.120 e. The molecule has 2 unspecified atom stereocenters. The van der Waals surface area contributed by atoms with E-state index in [9.17, 15) is 5.11 Å². The monoisotopic (exact) mass is 251 g/mol. The summed E-state index contributed by atoms with van der Waals surface area (Å²) in [6.45, 7) is 8.16. The van der Waals surface area contributed by atoms with Crippen molar-refractivity contribution in [3.05, 3.63) is 29.8 Å². The molecule has 2 atom stereocenters. The Morgan fingerprint density at radius 1 is 1.22 bits per heavy atom. The van der Waals surface area contributed by atoms with Gasteiger partial charge >= 0.3 is 0 Å². The fourth-order valence-corrected chi connectivity index (χ4v) is 1.96. The number of nitrogens with two attached hydrogens (primary N) is 1. The molecule has 0 bridgehead atoms. The molecule has 0 heterocycles. The third-order valence-electron chi connectivity index (χ3n) is 2.72. The fourth-order valence-electron chi connectivity index (χ4n) is 1.96. The molecule has 0 radical (unpaired) electrons. The van der Waals surface area contributed by atoms with Crippen molar-refractivity contribution in [2.45, 2.75) is 52.4 Å². The second-order valence-corrected chi connectivity index (χ2v) is 5.48. The average molecular weight is 251 g/mol. The molecule has 102 valence electrons. The molecule has 3 nitrogen and oxygen atoms in total. The second-order valence-electron chi connectivity index (χ2n) is 5.48. The molecule has 1 aromatic carbocycles. The Labute approximate surface area is 110 Å². The van der Waals surface area contributed by atoms with E-state index in [1.54, 1.807) is 0 Å². The van der Waals surface area contributed by atoms with Crippen molar-refractivity contribution >= 4 is 0 Å². The van der Waals surface area contributed by atoms with Crippen molar-refractivity contribution in [1.82, 2.24) is 0 Å². The highest BCUT2D eigenvalue weighted by Crippen LogP contribution is 2.24. The highest BCUT2D eigenvalue weighted by atomic mass is 16.5. The summed E-state index contributed by atoms with van der Waals surface area (Å²) in [7, 11) is 0. The number of benzene rings is 1. The van der Waals surface area contributed by atoms with Crippen LogP contribution >= 0.6 is 0 Å². The maximum absolute atomic E-state index is 10.2. The first-order valence-electron chi connectivity index (χ1n) is 6.60. The van der Waals surface area contributed by atoms with Gasteiger partial charge in [-0.3, -0.25) is 0 Å². The lowest BCUT2D eigenvalue weighted by Gasteiger charge is -2.21. The molecule has 0 fully saturated rings. The predicted octanol–water partition coefficient (Wildman–Crippen LogP) is 2.88. The summed E-state index contributed by atoms with van der Waals surface area (Å²) in [6, 6.07) is 7.30. The van der Waals surface area contributed by atoms with Crippen LogP contribution in [0.5, 0.6) is 5.75 Å². The average Bonchev–Trinajstić information content (AvgIpc) is 2.26. The van der Waals surface area contributed by atoms with E-state index in [4.69, 9.17) is 10.5 Å².